The lowest BCUT2D eigenvalue weighted by atomic mass is 10.2. The number of H-pyrrole nitrogens is 1. The summed E-state index contributed by atoms with van der Waals surface area (Å²) in [5.74, 6) is 0.0184. The summed E-state index contributed by atoms with van der Waals surface area (Å²) < 4.78 is 1.35. The molecule has 0 spiro atoms. The summed E-state index contributed by atoms with van der Waals surface area (Å²) in [5.41, 5.74) is 2.20. The number of pyridine rings is 1. The predicted octanol–water partition coefficient (Wildman–Crippen LogP) is 0.287. The minimum absolute atomic E-state index is 0.0184. The van der Waals surface area contributed by atoms with Gasteiger partial charge in [0, 0.05) is 68.5 Å². The Bertz CT molecular complexity index is 889. The fraction of sp³-hybridized carbons (Fsp3) is 0.444. The maximum Gasteiger partial charge on any atom is 0.328 e. The molecule has 1 aliphatic heterocycles. The van der Waals surface area contributed by atoms with Gasteiger partial charge in [-0.2, -0.15) is 0 Å². The van der Waals surface area contributed by atoms with Crippen LogP contribution in [0.1, 0.15) is 17.8 Å². The number of carbonyl (C=O) groups is 1. The minimum atomic E-state index is -0.487. The van der Waals surface area contributed by atoms with E-state index >= 15 is 0 Å². The number of nitrogens with zero attached hydrogens (tertiary/aromatic N) is 4. The Morgan fingerprint density at radius 3 is 2.38 bits per heavy atom. The Hall–Kier alpha value is -2.90. The van der Waals surface area contributed by atoms with E-state index in [2.05, 4.69) is 27.0 Å². The molecule has 0 unspecified atom stereocenters. The van der Waals surface area contributed by atoms with Crippen molar-refractivity contribution >= 4 is 11.6 Å². The van der Waals surface area contributed by atoms with Crippen molar-refractivity contribution in [3.05, 3.63) is 56.6 Å². The second kappa shape index (κ2) is 7.55. The van der Waals surface area contributed by atoms with Gasteiger partial charge in [0.1, 0.15) is 0 Å². The van der Waals surface area contributed by atoms with Gasteiger partial charge >= 0.3 is 5.69 Å². The highest BCUT2D eigenvalue weighted by Crippen LogP contribution is 2.18. The second-order valence-corrected chi connectivity index (χ2v) is 6.53. The molecule has 3 heterocycles. The molecule has 0 atom stereocenters. The van der Waals surface area contributed by atoms with E-state index < -0.39 is 11.2 Å². The molecule has 2 aromatic rings. The molecule has 138 valence electrons. The Morgan fingerprint density at radius 1 is 1.12 bits per heavy atom. The van der Waals surface area contributed by atoms with E-state index in [1.54, 1.807) is 0 Å². The highest BCUT2D eigenvalue weighted by atomic mass is 16.2. The number of hydrogen-bond donors (Lipinski definition) is 1. The minimum Gasteiger partial charge on any atom is -0.368 e. The predicted molar refractivity (Wildman–Crippen MR) is 98.4 cm³/mol. The standard InChI is InChI=1S/C18H23N5O3/c1-13-11-15(12-14(2)19-13)21-7-9-22(10-8-21)17(25)4-6-23-5-3-16(24)20-18(23)26/h3,5,11-12H,4,6-10H2,1-2H3,(H,20,24,26). The fourth-order valence-corrected chi connectivity index (χ4v) is 3.20. The molecule has 26 heavy (non-hydrogen) atoms. The van der Waals surface area contributed by atoms with Crippen LogP contribution in [0.3, 0.4) is 0 Å². The van der Waals surface area contributed by atoms with Crippen molar-refractivity contribution < 1.29 is 4.79 Å². The van der Waals surface area contributed by atoms with E-state index in [4.69, 9.17) is 0 Å². The average molecular weight is 357 g/mol. The van der Waals surface area contributed by atoms with Crippen molar-refractivity contribution in [3.8, 4) is 0 Å². The zero-order chi connectivity index (χ0) is 18.7. The molecule has 1 N–H and O–H groups in total. The molecule has 0 saturated carbocycles. The van der Waals surface area contributed by atoms with E-state index in [0.717, 1.165) is 30.2 Å². The highest BCUT2D eigenvalue weighted by molar-refractivity contribution is 5.76. The van der Waals surface area contributed by atoms with Gasteiger partial charge in [0.25, 0.3) is 5.56 Å². The molecule has 0 aromatic carbocycles. The van der Waals surface area contributed by atoms with Crippen LogP contribution in [-0.2, 0) is 11.3 Å². The molecular weight excluding hydrogens is 334 g/mol. The molecule has 1 amide bonds. The number of anilines is 1. The molecule has 0 bridgehead atoms. The number of hydrogen-bond acceptors (Lipinski definition) is 5. The van der Waals surface area contributed by atoms with E-state index in [-0.39, 0.29) is 18.9 Å². The van der Waals surface area contributed by atoms with Gasteiger partial charge in [-0.3, -0.25) is 19.6 Å². The maximum absolute atomic E-state index is 12.4. The van der Waals surface area contributed by atoms with Gasteiger partial charge in [-0.05, 0) is 26.0 Å². The molecule has 3 rings (SSSR count). The number of carbonyl (C=O) groups excluding carboxylic acids is 1. The third kappa shape index (κ3) is 4.19. The quantitative estimate of drug-likeness (QED) is 0.849. The largest absolute Gasteiger partial charge is 0.368 e. The number of aryl methyl sites for hydroxylation is 3. The molecular formula is C18H23N5O3. The zero-order valence-corrected chi connectivity index (χ0v) is 15.1. The Morgan fingerprint density at radius 2 is 1.77 bits per heavy atom. The van der Waals surface area contributed by atoms with Gasteiger partial charge in [-0.15, -0.1) is 0 Å². The lowest BCUT2D eigenvalue weighted by Gasteiger charge is -2.36. The smallest absolute Gasteiger partial charge is 0.328 e. The second-order valence-electron chi connectivity index (χ2n) is 6.53. The summed E-state index contributed by atoms with van der Waals surface area (Å²) in [6.45, 7) is 7.07. The first-order chi connectivity index (χ1) is 12.4. The number of rotatable bonds is 4. The van der Waals surface area contributed by atoms with Crippen LogP contribution in [0.5, 0.6) is 0 Å². The van der Waals surface area contributed by atoms with E-state index in [0.29, 0.717) is 13.1 Å². The zero-order valence-electron chi connectivity index (χ0n) is 15.1. The molecule has 8 nitrogen and oxygen atoms in total. The van der Waals surface area contributed by atoms with E-state index in [9.17, 15) is 14.4 Å². The Labute approximate surface area is 151 Å². The lowest BCUT2D eigenvalue weighted by molar-refractivity contribution is -0.131. The van der Waals surface area contributed by atoms with E-state index in [1.165, 1.54) is 16.8 Å². The van der Waals surface area contributed by atoms with Gasteiger partial charge < -0.3 is 14.4 Å². The SMILES string of the molecule is Cc1cc(N2CCN(C(=O)CCn3ccc(=O)[nH]c3=O)CC2)cc(C)n1. The third-order valence-electron chi connectivity index (χ3n) is 4.53. The first-order valence-corrected chi connectivity index (χ1v) is 8.70. The molecule has 1 fully saturated rings. The molecule has 0 aliphatic carbocycles. The maximum atomic E-state index is 12.4. The molecule has 2 aromatic heterocycles. The van der Waals surface area contributed by atoms with Crippen molar-refractivity contribution in [3.63, 3.8) is 0 Å². The number of aromatic nitrogens is 3. The van der Waals surface area contributed by atoms with Crippen LogP contribution in [-0.4, -0.2) is 51.5 Å². The third-order valence-corrected chi connectivity index (χ3v) is 4.53. The van der Waals surface area contributed by atoms with Gasteiger partial charge in [0.05, 0.1) is 0 Å². The normalized spacial score (nSPS) is 14.5. The Kier molecular flexibility index (Phi) is 5.20. The number of piperazine rings is 1. The topological polar surface area (TPSA) is 91.3 Å². The fourth-order valence-electron chi connectivity index (χ4n) is 3.20. The number of aromatic amines is 1. The molecule has 1 saturated heterocycles. The number of amides is 1. The van der Waals surface area contributed by atoms with Gasteiger partial charge in [0.2, 0.25) is 5.91 Å². The van der Waals surface area contributed by atoms with Crippen LogP contribution in [0.25, 0.3) is 0 Å². The van der Waals surface area contributed by atoms with Crippen LogP contribution in [0.4, 0.5) is 5.69 Å². The Balaban J connectivity index is 1.55. The van der Waals surface area contributed by atoms with Gasteiger partial charge in [-0.25, -0.2) is 4.79 Å². The van der Waals surface area contributed by atoms with Crippen molar-refractivity contribution in [2.45, 2.75) is 26.8 Å². The van der Waals surface area contributed by atoms with Crippen LogP contribution < -0.4 is 16.1 Å². The van der Waals surface area contributed by atoms with Crippen molar-refractivity contribution in [2.24, 2.45) is 0 Å². The van der Waals surface area contributed by atoms with Crippen LogP contribution in [0.15, 0.2) is 34.0 Å². The summed E-state index contributed by atoms with van der Waals surface area (Å²) >= 11 is 0. The van der Waals surface area contributed by atoms with Gasteiger partial charge in [-0.1, -0.05) is 0 Å². The monoisotopic (exact) mass is 357 g/mol. The lowest BCUT2D eigenvalue weighted by Crippen LogP contribution is -2.49. The van der Waals surface area contributed by atoms with Crippen LogP contribution >= 0.6 is 0 Å². The van der Waals surface area contributed by atoms with Crippen LogP contribution in [0.2, 0.25) is 0 Å². The molecule has 1 aliphatic rings. The summed E-state index contributed by atoms with van der Waals surface area (Å²) in [6, 6.07) is 5.41. The van der Waals surface area contributed by atoms with E-state index in [1.807, 2.05) is 18.7 Å². The summed E-state index contributed by atoms with van der Waals surface area (Å²) in [5, 5.41) is 0. The van der Waals surface area contributed by atoms with Crippen LogP contribution in [0, 0.1) is 13.8 Å². The molecule has 0 radical (unpaired) electrons. The average Bonchev–Trinajstić information content (AvgIpc) is 2.60. The summed E-state index contributed by atoms with van der Waals surface area (Å²) in [6.07, 6.45) is 1.65. The molecule has 8 heteroatoms. The highest BCUT2D eigenvalue weighted by Gasteiger charge is 2.21. The first kappa shape index (κ1) is 17.9. The van der Waals surface area contributed by atoms with Gasteiger partial charge in [0.15, 0.2) is 0 Å². The first-order valence-electron chi connectivity index (χ1n) is 8.70. The van der Waals surface area contributed by atoms with Crippen molar-refractivity contribution in [2.75, 3.05) is 31.1 Å². The van der Waals surface area contributed by atoms with Crippen molar-refractivity contribution in [1.82, 2.24) is 19.4 Å². The summed E-state index contributed by atoms with van der Waals surface area (Å²) in [7, 11) is 0. The summed E-state index contributed by atoms with van der Waals surface area (Å²) in [4.78, 5) is 45.8. The van der Waals surface area contributed by atoms with Crippen molar-refractivity contribution in [1.29, 1.82) is 0 Å². The number of nitrogens with one attached hydrogen (secondary N) is 1.